The van der Waals surface area contributed by atoms with Gasteiger partial charge in [-0.05, 0) is 12.5 Å². The minimum Gasteiger partial charge on any atom is -0.348 e. The molecule has 0 unspecified atom stereocenters. The molecule has 0 saturated carbocycles. The van der Waals surface area contributed by atoms with Crippen molar-refractivity contribution in [1.82, 2.24) is 10.7 Å². The summed E-state index contributed by atoms with van der Waals surface area (Å²) in [5.41, 5.74) is 2.65. The summed E-state index contributed by atoms with van der Waals surface area (Å²) in [5.74, 6) is -1.56. The van der Waals surface area contributed by atoms with Crippen LogP contribution >= 0.6 is 23.2 Å². The van der Waals surface area contributed by atoms with Gasteiger partial charge in [-0.1, -0.05) is 42.3 Å². The van der Waals surface area contributed by atoms with Crippen molar-refractivity contribution >= 4 is 41.2 Å². The zero-order valence-electron chi connectivity index (χ0n) is 10.2. The van der Waals surface area contributed by atoms with Crippen molar-refractivity contribution in [3.63, 3.8) is 0 Å². The summed E-state index contributed by atoms with van der Waals surface area (Å²) in [6.07, 6.45) is 2.07. The molecular weight excluding hydrogens is 289 g/mol. The first-order chi connectivity index (χ1) is 9.06. The molecule has 19 heavy (non-hydrogen) atoms. The van der Waals surface area contributed by atoms with E-state index in [4.69, 9.17) is 23.2 Å². The molecule has 1 aromatic rings. The van der Waals surface area contributed by atoms with Crippen LogP contribution in [0, 0.1) is 0 Å². The molecule has 2 amide bonds. The van der Waals surface area contributed by atoms with Crippen molar-refractivity contribution in [1.29, 1.82) is 0 Å². The van der Waals surface area contributed by atoms with E-state index in [2.05, 4.69) is 15.8 Å². The van der Waals surface area contributed by atoms with E-state index >= 15 is 0 Å². The van der Waals surface area contributed by atoms with Gasteiger partial charge < -0.3 is 5.32 Å². The van der Waals surface area contributed by atoms with E-state index in [1.165, 1.54) is 6.21 Å². The maximum absolute atomic E-state index is 11.3. The molecule has 1 aromatic carbocycles. The first-order valence-electron chi connectivity index (χ1n) is 5.61. The van der Waals surface area contributed by atoms with Crippen LogP contribution in [0.5, 0.6) is 0 Å². The molecule has 0 aliphatic heterocycles. The minimum absolute atomic E-state index is 0.331. The number of rotatable bonds is 4. The number of carbonyl (C=O) groups excluding carboxylic acids is 2. The Hall–Kier alpha value is -1.59. The molecule has 7 heteroatoms. The molecule has 0 spiro atoms. The molecule has 0 heterocycles. The average molecular weight is 302 g/mol. The van der Waals surface area contributed by atoms with Gasteiger partial charge in [-0.2, -0.15) is 5.10 Å². The number of hydrazone groups is 1. The Labute approximate surface area is 121 Å². The van der Waals surface area contributed by atoms with Crippen LogP contribution in [0.2, 0.25) is 10.0 Å². The molecule has 0 aliphatic carbocycles. The highest BCUT2D eigenvalue weighted by molar-refractivity contribution is 6.43. The predicted molar refractivity (Wildman–Crippen MR) is 75.5 cm³/mol. The Balaban J connectivity index is 2.56. The Morgan fingerprint density at radius 3 is 2.74 bits per heavy atom. The number of halogens is 2. The van der Waals surface area contributed by atoms with Crippen LogP contribution in [0.25, 0.3) is 0 Å². The van der Waals surface area contributed by atoms with Crippen LogP contribution in [0.15, 0.2) is 23.3 Å². The zero-order chi connectivity index (χ0) is 14.3. The van der Waals surface area contributed by atoms with Gasteiger partial charge in [0.15, 0.2) is 0 Å². The normalized spacial score (nSPS) is 10.5. The monoisotopic (exact) mass is 301 g/mol. The Kier molecular flexibility index (Phi) is 6.32. The highest BCUT2D eigenvalue weighted by Gasteiger charge is 2.10. The summed E-state index contributed by atoms with van der Waals surface area (Å²) in [7, 11) is 0. The number of amides is 2. The number of carbonyl (C=O) groups is 2. The van der Waals surface area contributed by atoms with E-state index in [0.29, 0.717) is 22.2 Å². The van der Waals surface area contributed by atoms with Crippen molar-refractivity contribution in [2.75, 3.05) is 6.54 Å². The summed E-state index contributed by atoms with van der Waals surface area (Å²) < 4.78 is 0. The van der Waals surface area contributed by atoms with Crippen LogP contribution in [0.1, 0.15) is 18.9 Å². The minimum atomic E-state index is -0.831. The molecule has 0 aliphatic rings. The number of hydrogen-bond donors (Lipinski definition) is 2. The first-order valence-corrected chi connectivity index (χ1v) is 6.37. The largest absolute Gasteiger partial charge is 0.348 e. The third kappa shape index (κ3) is 4.89. The Morgan fingerprint density at radius 2 is 2.05 bits per heavy atom. The van der Waals surface area contributed by atoms with E-state index < -0.39 is 11.8 Å². The van der Waals surface area contributed by atoms with Crippen LogP contribution in [-0.4, -0.2) is 24.6 Å². The number of nitrogens with zero attached hydrogens (tertiary/aromatic N) is 1. The SMILES string of the molecule is CCCNC(=O)C(=O)N/N=C/c1cccc(Cl)c1Cl. The van der Waals surface area contributed by atoms with Crippen molar-refractivity contribution in [3.8, 4) is 0 Å². The smallest absolute Gasteiger partial charge is 0.329 e. The predicted octanol–water partition coefficient (Wildman–Crippen LogP) is 1.97. The van der Waals surface area contributed by atoms with Gasteiger partial charge in [-0.25, -0.2) is 5.43 Å². The third-order valence-electron chi connectivity index (χ3n) is 2.09. The molecule has 0 fully saturated rings. The van der Waals surface area contributed by atoms with Crippen molar-refractivity contribution in [3.05, 3.63) is 33.8 Å². The van der Waals surface area contributed by atoms with Gasteiger partial charge in [-0.3, -0.25) is 9.59 Å². The topological polar surface area (TPSA) is 70.6 Å². The molecule has 1 rings (SSSR count). The second-order valence-corrected chi connectivity index (χ2v) is 4.38. The zero-order valence-corrected chi connectivity index (χ0v) is 11.8. The van der Waals surface area contributed by atoms with Gasteiger partial charge in [0.2, 0.25) is 0 Å². The Bertz CT molecular complexity index is 504. The van der Waals surface area contributed by atoms with Gasteiger partial charge in [0.1, 0.15) is 0 Å². The lowest BCUT2D eigenvalue weighted by Crippen LogP contribution is -2.38. The van der Waals surface area contributed by atoms with E-state index in [9.17, 15) is 9.59 Å². The number of hydrogen-bond acceptors (Lipinski definition) is 3. The summed E-state index contributed by atoms with van der Waals surface area (Å²) in [5, 5.41) is 6.79. The summed E-state index contributed by atoms with van der Waals surface area (Å²) in [6, 6.07) is 5.02. The maximum Gasteiger partial charge on any atom is 0.329 e. The first kappa shape index (κ1) is 15.5. The molecule has 102 valence electrons. The van der Waals surface area contributed by atoms with Crippen LogP contribution in [0.4, 0.5) is 0 Å². The van der Waals surface area contributed by atoms with Gasteiger partial charge >= 0.3 is 11.8 Å². The van der Waals surface area contributed by atoms with Crippen molar-refractivity contribution < 1.29 is 9.59 Å². The quantitative estimate of drug-likeness (QED) is 0.507. The van der Waals surface area contributed by atoms with Gasteiger partial charge in [0.25, 0.3) is 0 Å². The lowest BCUT2D eigenvalue weighted by atomic mass is 10.2. The van der Waals surface area contributed by atoms with E-state index in [-0.39, 0.29) is 0 Å². The van der Waals surface area contributed by atoms with Crippen LogP contribution in [0.3, 0.4) is 0 Å². The highest BCUT2D eigenvalue weighted by Crippen LogP contribution is 2.23. The maximum atomic E-state index is 11.3. The lowest BCUT2D eigenvalue weighted by molar-refractivity contribution is -0.139. The van der Waals surface area contributed by atoms with Crippen molar-refractivity contribution in [2.45, 2.75) is 13.3 Å². The van der Waals surface area contributed by atoms with Gasteiger partial charge in [-0.15, -0.1) is 0 Å². The second kappa shape index (κ2) is 7.76. The standard InChI is InChI=1S/C12H13Cl2N3O2/c1-2-6-15-11(18)12(19)17-16-7-8-4-3-5-9(13)10(8)14/h3-5,7H,2,6H2,1H3,(H,15,18)(H,17,19)/b16-7+. The molecule has 5 nitrogen and oxygen atoms in total. The Morgan fingerprint density at radius 1 is 1.32 bits per heavy atom. The fourth-order valence-corrected chi connectivity index (χ4v) is 1.51. The fraction of sp³-hybridized carbons (Fsp3) is 0.250. The molecule has 0 atom stereocenters. The fourth-order valence-electron chi connectivity index (χ4n) is 1.15. The van der Waals surface area contributed by atoms with E-state index in [1.807, 2.05) is 6.92 Å². The lowest BCUT2D eigenvalue weighted by Gasteiger charge is -2.02. The van der Waals surface area contributed by atoms with Gasteiger partial charge in [0, 0.05) is 12.1 Å². The molecule has 0 saturated heterocycles. The molecule has 2 N–H and O–H groups in total. The van der Waals surface area contributed by atoms with E-state index in [0.717, 1.165) is 6.42 Å². The number of nitrogens with one attached hydrogen (secondary N) is 2. The highest BCUT2D eigenvalue weighted by atomic mass is 35.5. The summed E-state index contributed by atoms with van der Waals surface area (Å²) in [6.45, 7) is 2.33. The molecule has 0 bridgehead atoms. The van der Waals surface area contributed by atoms with Crippen LogP contribution in [-0.2, 0) is 9.59 Å². The summed E-state index contributed by atoms with van der Waals surface area (Å²) in [4.78, 5) is 22.5. The molecule has 0 aromatic heterocycles. The molecular formula is C12H13Cl2N3O2. The summed E-state index contributed by atoms with van der Waals surface area (Å²) >= 11 is 11.7. The van der Waals surface area contributed by atoms with E-state index in [1.54, 1.807) is 18.2 Å². The average Bonchev–Trinajstić information content (AvgIpc) is 2.40. The second-order valence-electron chi connectivity index (χ2n) is 3.60. The van der Waals surface area contributed by atoms with Crippen LogP contribution < -0.4 is 10.7 Å². The van der Waals surface area contributed by atoms with Crippen molar-refractivity contribution in [2.24, 2.45) is 5.10 Å². The number of benzene rings is 1. The molecule has 0 radical (unpaired) electrons. The van der Waals surface area contributed by atoms with Gasteiger partial charge in [0.05, 0.1) is 16.3 Å². The third-order valence-corrected chi connectivity index (χ3v) is 2.93.